The van der Waals surface area contributed by atoms with Gasteiger partial charge in [0, 0.05) is 24.1 Å². The molecule has 0 saturated heterocycles. The second-order valence-corrected chi connectivity index (χ2v) is 6.50. The van der Waals surface area contributed by atoms with E-state index in [4.69, 9.17) is 14.9 Å². The molecule has 8 heteroatoms. The summed E-state index contributed by atoms with van der Waals surface area (Å²) in [7, 11) is 1.43. The van der Waals surface area contributed by atoms with Crippen LogP contribution in [0.3, 0.4) is 0 Å². The van der Waals surface area contributed by atoms with Gasteiger partial charge in [-0.3, -0.25) is 9.59 Å². The van der Waals surface area contributed by atoms with Crippen LogP contribution in [0.15, 0.2) is 54.6 Å². The molecule has 31 heavy (non-hydrogen) atoms. The largest absolute Gasteiger partial charge is 0.508 e. The maximum absolute atomic E-state index is 12.0. The Morgan fingerprint density at radius 2 is 1.45 bits per heavy atom. The molecule has 0 aliphatic rings. The van der Waals surface area contributed by atoms with Gasteiger partial charge in [0.15, 0.2) is 17.3 Å². The standard InChI is InChI=1S/C15H14O5.C8H8O3/c16-10-4-1-9(2-5-10)3-6-12(18)15-13(19)7-11(17)8-14(15)20;1-11-8-4-6(5-9)2-3-7(8)10/h1-2,4-5,7-8,16-17,19-20H,3,6H2;2-5,10H,1H3. The van der Waals surface area contributed by atoms with Crippen molar-refractivity contribution >= 4 is 12.1 Å². The Labute approximate surface area is 178 Å². The third kappa shape index (κ3) is 6.40. The predicted molar refractivity (Wildman–Crippen MR) is 112 cm³/mol. The molecule has 0 bridgehead atoms. The summed E-state index contributed by atoms with van der Waals surface area (Å²) in [6, 6.07) is 12.9. The van der Waals surface area contributed by atoms with Gasteiger partial charge < -0.3 is 30.3 Å². The number of carbonyl (C=O) groups is 2. The molecule has 3 rings (SSSR count). The van der Waals surface area contributed by atoms with Gasteiger partial charge in [0.25, 0.3) is 0 Å². The van der Waals surface area contributed by atoms with Crippen molar-refractivity contribution in [2.24, 2.45) is 0 Å². The summed E-state index contributed by atoms with van der Waals surface area (Å²) in [6.45, 7) is 0. The summed E-state index contributed by atoms with van der Waals surface area (Å²) in [5.41, 5.74) is 1.15. The highest BCUT2D eigenvalue weighted by atomic mass is 16.5. The molecule has 3 aromatic carbocycles. The number of phenols is 5. The topological polar surface area (TPSA) is 145 Å². The molecule has 8 nitrogen and oxygen atoms in total. The van der Waals surface area contributed by atoms with Crippen molar-refractivity contribution in [1.82, 2.24) is 0 Å². The molecule has 0 radical (unpaired) electrons. The first-order valence-electron chi connectivity index (χ1n) is 9.13. The fraction of sp³-hybridized carbons (Fsp3) is 0.130. The summed E-state index contributed by atoms with van der Waals surface area (Å²) in [5.74, 6) is -1.12. The van der Waals surface area contributed by atoms with E-state index in [1.807, 2.05) is 0 Å². The van der Waals surface area contributed by atoms with Gasteiger partial charge in [-0.1, -0.05) is 12.1 Å². The third-order valence-electron chi connectivity index (χ3n) is 4.28. The molecule has 0 aromatic heterocycles. The van der Waals surface area contributed by atoms with Gasteiger partial charge in [0.1, 0.15) is 34.8 Å². The number of aromatic hydroxyl groups is 5. The lowest BCUT2D eigenvalue weighted by Gasteiger charge is -2.07. The SMILES string of the molecule is COc1cc(C=O)ccc1O.O=C(CCc1ccc(O)cc1)c1c(O)cc(O)cc1O. The number of Topliss-reactive ketones (excluding diaryl/α,β-unsaturated/α-hetero) is 1. The van der Waals surface area contributed by atoms with Crippen LogP contribution in [0.4, 0.5) is 0 Å². The molecular weight excluding hydrogens is 404 g/mol. The second-order valence-electron chi connectivity index (χ2n) is 6.50. The molecule has 5 N–H and O–H groups in total. The number of aldehydes is 1. The van der Waals surface area contributed by atoms with Crippen LogP contribution in [0.25, 0.3) is 0 Å². The molecule has 0 heterocycles. The zero-order valence-electron chi connectivity index (χ0n) is 16.6. The molecule has 0 atom stereocenters. The number of aryl methyl sites for hydroxylation is 1. The van der Waals surface area contributed by atoms with Gasteiger partial charge in [-0.15, -0.1) is 0 Å². The molecule has 0 aliphatic carbocycles. The number of carbonyl (C=O) groups excluding carboxylic acids is 2. The van der Waals surface area contributed by atoms with Crippen molar-refractivity contribution < 1.29 is 39.9 Å². The number of methoxy groups -OCH3 is 1. The van der Waals surface area contributed by atoms with Crippen molar-refractivity contribution in [3.05, 3.63) is 71.3 Å². The number of ether oxygens (including phenoxy) is 1. The van der Waals surface area contributed by atoms with Crippen LogP contribution in [-0.2, 0) is 6.42 Å². The van der Waals surface area contributed by atoms with Crippen LogP contribution in [0.1, 0.15) is 32.7 Å². The van der Waals surface area contributed by atoms with Gasteiger partial charge in [0.2, 0.25) is 0 Å². The van der Waals surface area contributed by atoms with E-state index >= 15 is 0 Å². The molecule has 162 valence electrons. The van der Waals surface area contributed by atoms with E-state index in [-0.39, 0.29) is 29.2 Å². The minimum Gasteiger partial charge on any atom is -0.508 e. The van der Waals surface area contributed by atoms with E-state index in [0.29, 0.717) is 24.0 Å². The van der Waals surface area contributed by atoms with Crippen LogP contribution in [0.5, 0.6) is 34.5 Å². The Balaban J connectivity index is 0.000000262. The molecular formula is C23H22O8. The summed E-state index contributed by atoms with van der Waals surface area (Å²) in [4.78, 5) is 22.2. The zero-order valence-corrected chi connectivity index (χ0v) is 16.6. The van der Waals surface area contributed by atoms with E-state index in [1.165, 1.54) is 37.4 Å². The van der Waals surface area contributed by atoms with E-state index in [9.17, 15) is 24.9 Å². The average molecular weight is 426 g/mol. The van der Waals surface area contributed by atoms with Gasteiger partial charge >= 0.3 is 0 Å². The molecule has 3 aromatic rings. The quantitative estimate of drug-likeness (QED) is 0.297. The van der Waals surface area contributed by atoms with Gasteiger partial charge in [-0.2, -0.15) is 0 Å². The monoisotopic (exact) mass is 426 g/mol. The highest BCUT2D eigenvalue weighted by molar-refractivity contribution is 6.01. The summed E-state index contributed by atoms with van der Waals surface area (Å²) in [5, 5.41) is 46.6. The Morgan fingerprint density at radius 3 is 2.00 bits per heavy atom. The smallest absolute Gasteiger partial charge is 0.170 e. The first-order chi connectivity index (χ1) is 14.7. The Bertz CT molecular complexity index is 1030. The summed E-state index contributed by atoms with van der Waals surface area (Å²) in [6.07, 6.45) is 1.21. The number of ketones is 1. The fourth-order valence-electron chi connectivity index (χ4n) is 2.70. The van der Waals surface area contributed by atoms with Gasteiger partial charge in [-0.25, -0.2) is 0 Å². The summed E-state index contributed by atoms with van der Waals surface area (Å²) >= 11 is 0. The number of rotatable bonds is 6. The Hall–Kier alpha value is -4.20. The highest BCUT2D eigenvalue weighted by Gasteiger charge is 2.17. The summed E-state index contributed by atoms with van der Waals surface area (Å²) < 4.78 is 4.78. The number of benzene rings is 3. The lowest BCUT2D eigenvalue weighted by Crippen LogP contribution is -2.02. The highest BCUT2D eigenvalue weighted by Crippen LogP contribution is 2.33. The van der Waals surface area contributed by atoms with Crippen LogP contribution in [-0.4, -0.2) is 44.7 Å². The van der Waals surface area contributed by atoms with E-state index in [1.54, 1.807) is 12.1 Å². The van der Waals surface area contributed by atoms with Crippen molar-refractivity contribution in [3.8, 4) is 34.5 Å². The zero-order chi connectivity index (χ0) is 23.0. The van der Waals surface area contributed by atoms with Crippen molar-refractivity contribution in [2.45, 2.75) is 12.8 Å². The lowest BCUT2D eigenvalue weighted by atomic mass is 10.0. The molecule has 0 unspecified atom stereocenters. The maximum atomic E-state index is 12.0. The van der Waals surface area contributed by atoms with Crippen LogP contribution in [0, 0.1) is 0 Å². The van der Waals surface area contributed by atoms with Crippen molar-refractivity contribution in [2.75, 3.05) is 7.11 Å². The Kier molecular flexibility index (Phi) is 7.85. The average Bonchev–Trinajstić information content (AvgIpc) is 2.73. The number of hydrogen-bond acceptors (Lipinski definition) is 8. The molecule has 0 fully saturated rings. The number of phenolic OH excluding ortho intramolecular Hbond substituents is 5. The minimum absolute atomic E-state index is 0.0399. The normalized spacial score (nSPS) is 9.97. The molecule has 0 saturated carbocycles. The van der Waals surface area contributed by atoms with Crippen LogP contribution < -0.4 is 4.74 Å². The molecule has 0 spiro atoms. The first kappa shape index (κ1) is 23.1. The molecule has 0 aliphatic heterocycles. The van der Waals surface area contributed by atoms with Gasteiger partial charge in [-0.05, 0) is 42.3 Å². The Morgan fingerprint density at radius 1 is 0.839 bits per heavy atom. The van der Waals surface area contributed by atoms with Crippen molar-refractivity contribution in [3.63, 3.8) is 0 Å². The van der Waals surface area contributed by atoms with E-state index < -0.39 is 17.3 Å². The molecule has 0 amide bonds. The van der Waals surface area contributed by atoms with Crippen LogP contribution >= 0.6 is 0 Å². The second kappa shape index (κ2) is 10.5. The van der Waals surface area contributed by atoms with Crippen molar-refractivity contribution in [1.29, 1.82) is 0 Å². The lowest BCUT2D eigenvalue weighted by molar-refractivity contribution is 0.0977. The fourth-order valence-corrected chi connectivity index (χ4v) is 2.70. The van der Waals surface area contributed by atoms with Crippen LogP contribution in [0.2, 0.25) is 0 Å². The minimum atomic E-state index is -0.446. The van der Waals surface area contributed by atoms with E-state index in [2.05, 4.69) is 0 Å². The predicted octanol–water partition coefficient (Wildman–Crippen LogP) is 3.54. The van der Waals surface area contributed by atoms with Gasteiger partial charge in [0.05, 0.1) is 7.11 Å². The maximum Gasteiger partial charge on any atom is 0.170 e. The third-order valence-corrected chi connectivity index (χ3v) is 4.28. The van der Waals surface area contributed by atoms with E-state index in [0.717, 1.165) is 17.7 Å². The first-order valence-corrected chi connectivity index (χ1v) is 9.13. The number of hydrogen-bond donors (Lipinski definition) is 5.